The van der Waals surface area contributed by atoms with Gasteiger partial charge < -0.3 is 5.73 Å². The van der Waals surface area contributed by atoms with E-state index in [4.69, 9.17) is 11.0 Å². The quantitative estimate of drug-likeness (QED) is 0.760. The van der Waals surface area contributed by atoms with Crippen LogP contribution in [0.4, 0.5) is 0 Å². The minimum atomic E-state index is -0.190. The molecular weight excluding hydrogens is 160 g/mol. The average molecular weight is 172 g/mol. The normalized spacial score (nSPS) is 11.7. The summed E-state index contributed by atoms with van der Waals surface area (Å²) < 4.78 is 0. The van der Waals surface area contributed by atoms with Crippen molar-refractivity contribution in [2.75, 3.05) is 0 Å². The Morgan fingerprint density at radius 1 is 1.62 bits per heavy atom. The number of nitrogens with zero attached hydrogens (tertiary/aromatic N) is 1. The van der Waals surface area contributed by atoms with Gasteiger partial charge in [0.1, 0.15) is 0 Å². The highest BCUT2D eigenvalue weighted by Crippen LogP contribution is 2.15. The lowest BCUT2D eigenvalue weighted by Gasteiger charge is -2.07. The van der Waals surface area contributed by atoms with E-state index in [1.165, 1.54) is 0 Å². The molecule has 0 saturated heterocycles. The summed E-state index contributed by atoms with van der Waals surface area (Å²) >= 11 is 0. The first-order valence-corrected chi connectivity index (χ1v) is 4.13. The smallest absolute Gasteiger partial charge is 0.0641 e. The minimum Gasteiger partial charge on any atom is -0.323 e. The molecule has 0 radical (unpaired) electrons. The summed E-state index contributed by atoms with van der Waals surface area (Å²) in [5.74, 6) is 0. The van der Waals surface area contributed by atoms with Crippen LogP contribution in [0.25, 0.3) is 6.08 Å². The molecular formula is C11H12N2. The fourth-order valence-corrected chi connectivity index (χ4v) is 1.13. The summed E-state index contributed by atoms with van der Waals surface area (Å²) in [4.78, 5) is 0. The molecule has 1 aromatic carbocycles. The first-order chi connectivity index (χ1) is 6.27. The highest BCUT2D eigenvalue weighted by atomic mass is 14.6. The van der Waals surface area contributed by atoms with Crippen LogP contribution in [-0.4, -0.2) is 0 Å². The number of hydrogen-bond acceptors (Lipinski definition) is 2. The second kappa shape index (κ2) is 4.44. The Balaban J connectivity index is 2.89. The van der Waals surface area contributed by atoms with Crippen molar-refractivity contribution < 1.29 is 0 Å². The molecule has 0 spiro atoms. The Morgan fingerprint density at radius 2 is 2.38 bits per heavy atom. The Hall–Kier alpha value is -1.59. The summed E-state index contributed by atoms with van der Waals surface area (Å²) in [7, 11) is 0. The molecule has 0 fully saturated rings. The summed E-state index contributed by atoms with van der Waals surface area (Å²) in [5, 5.41) is 8.47. The zero-order valence-corrected chi connectivity index (χ0v) is 7.40. The van der Waals surface area contributed by atoms with Gasteiger partial charge in [0.2, 0.25) is 0 Å². The lowest BCUT2D eigenvalue weighted by molar-refractivity contribution is 0.748. The number of nitrogens with two attached hydrogens (primary N) is 1. The van der Waals surface area contributed by atoms with E-state index in [0.717, 1.165) is 11.1 Å². The van der Waals surface area contributed by atoms with E-state index < -0.39 is 0 Å². The van der Waals surface area contributed by atoms with Gasteiger partial charge in [-0.05, 0) is 11.1 Å². The van der Waals surface area contributed by atoms with Crippen LogP contribution in [0.3, 0.4) is 0 Å². The van der Waals surface area contributed by atoms with Gasteiger partial charge >= 0.3 is 0 Å². The molecule has 0 heterocycles. The first-order valence-electron chi connectivity index (χ1n) is 4.13. The molecule has 1 atom stereocenters. The monoisotopic (exact) mass is 172 g/mol. The van der Waals surface area contributed by atoms with E-state index in [0.29, 0.717) is 6.42 Å². The van der Waals surface area contributed by atoms with Crippen molar-refractivity contribution in [3.8, 4) is 6.07 Å². The lowest BCUT2D eigenvalue weighted by Crippen LogP contribution is -2.08. The maximum Gasteiger partial charge on any atom is 0.0641 e. The molecule has 0 bridgehead atoms. The molecule has 2 heteroatoms. The van der Waals surface area contributed by atoms with Crippen LogP contribution in [0.1, 0.15) is 23.6 Å². The van der Waals surface area contributed by atoms with Crippen LogP contribution >= 0.6 is 0 Å². The maximum atomic E-state index is 8.47. The minimum absolute atomic E-state index is 0.190. The molecule has 1 aromatic rings. The van der Waals surface area contributed by atoms with E-state index in [-0.39, 0.29) is 6.04 Å². The molecule has 13 heavy (non-hydrogen) atoms. The summed E-state index contributed by atoms with van der Waals surface area (Å²) in [6, 6.07) is 9.62. The van der Waals surface area contributed by atoms with Gasteiger partial charge in [-0.3, -0.25) is 0 Å². The van der Waals surface area contributed by atoms with Gasteiger partial charge in [-0.15, -0.1) is 0 Å². The third-order valence-electron chi connectivity index (χ3n) is 1.89. The largest absolute Gasteiger partial charge is 0.323 e. The molecule has 0 amide bonds. The molecule has 1 rings (SSSR count). The van der Waals surface area contributed by atoms with E-state index in [2.05, 4.69) is 12.6 Å². The van der Waals surface area contributed by atoms with Gasteiger partial charge in [-0.2, -0.15) is 5.26 Å². The Kier molecular flexibility index (Phi) is 3.24. The molecule has 0 aliphatic rings. The fourth-order valence-electron chi connectivity index (χ4n) is 1.13. The Morgan fingerprint density at radius 3 is 3.00 bits per heavy atom. The van der Waals surface area contributed by atoms with Gasteiger partial charge in [0.05, 0.1) is 12.5 Å². The predicted molar refractivity (Wildman–Crippen MR) is 53.7 cm³/mol. The molecule has 0 aromatic heterocycles. The summed E-state index contributed by atoms with van der Waals surface area (Å²) in [5.41, 5.74) is 7.79. The van der Waals surface area contributed by atoms with Crippen LogP contribution in [0.15, 0.2) is 30.8 Å². The van der Waals surface area contributed by atoms with Crippen LogP contribution in [0.2, 0.25) is 0 Å². The summed E-state index contributed by atoms with van der Waals surface area (Å²) in [6.45, 7) is 3.67. The van der Waals surface area contributed by atoms with E-state index in [9.17, 15) is 0 Å². The lowest BCUT2D eigenvalue weighted by atomic mass is 10.0. The molecule has 0 unspecified atom stereocenters. The first kappa shape index (κ1) is 9.50. The second-order valence-corrected chi connectivity index (χ2v) is 2.84. The Bertz CT molecular complexity index is 336. The average Bonchev–Trinajstić information content (AvgIpc) is 2.18. The van der Waals surface area contributed by atoms with E-state index in [1.54, 1.807) is 6.08 Å². The zero-order valence-electron chi connectivity index (χ0n) is 7.40. The topological polar surface area (TPSA) is 49.8 Å². The molecule has 0 aliphatic heterocycles. The maximum absolute atomic E-state index is 8.47. The third-order valence-corrected chi connectivity index (χ3v) is 1.89. The van der Waals surface area contributed by atoms with Crippen molar-refractivity contribution in [2.24, 2.45) is 5.73 Å². The fraction of sp³-hybridized carbons (Fsp3) is 0.182. The van der Waals surface area contributed by atoms with E-state index in [1.807, 2.05) is 24.3 Å². The van der Waals surface area contributed by atoms with Gasteiger partial charge in [-0.1, -0.05) is 36.9 Å². The number of rotatable bonds is 3. The van der Waals surface area contributed by atoms with Crippen LogP contribution < -0.4 is 5.73 Å². The van der Waals surface area contributed by atoms with Crippen molar-refractivity contribution in [1.82, 2.24) is 0 Å². The van der Waals surface area contributed by atoms with Crippen molar-refractivity contribution in [2.45, 2.75) is 12.5 Å². The van der Waals surface area contributed by atoms with Gasteiger partial charge in [0, 0.05) is 6.04 Å². The Labute approximate surface area is 78.3 Å². The van der Waals surface area contributed by atoms with Crippen molar-refractivity contribution in [1.29, 1.82) is 5.26 Å². The van der Waals surface area contributed by atoms with Crippen molar-refractivity contribution in [3.63, 3.8) is 0 Å². The zero-order chi connectivity index (χ0) is 9.68. The highest BCUT2D eigenvalue weighted by molar-refractivity contribution is 5.48. The highest BCUT2D eigenvalue weighted by Gasteiger charge is 2.04. The van der Waals surface area contributed by atoms with Crippen LogP contribution in [0.5, 0.6) is 0 Å². The van der Waals surface area contributed by atoms with Gasteiger partial charge in [0.15, 0.2) is 0 Å². The number of nitriles is 1. The second-order valence-electron chi connectivity index (χ2n) is 2.84. The van der Waals surface area contributed by atoms with Crippen molar-refractivity contribution >= 4 is 6.08 Å². The van der Waals surface area contributed by atoms with Crippen LogP contribution in [-0.2, 0) is 0 Å². The number of benzene rings is 1. The van der Waals surface area contributed by atoms with Gasteiger partial charge in [0.25, 0.3) is 0 Å². The van der Waals surface area contributed by atoms with Gasteiger partial charge in [-0.25, -0.2) is 0 Å². The van der Waals surface area contributed by atoms with Crippen LogP contribution in [0, 0.1) is 11.3 Å². The molecule has 0 saturated carbocycles. The van der Waals surface area contributed by atoms with Crippen molar-refractivity contribution in [3.05, 3.63) is 42.0 Å². The molecule has 2 nitrogen and oxygen atoms in total. The predicted octanol–water partition coefficient (Wildman–Crippen LogP) is 2.24. The molecule has 2 N–H and O–H groups in total. The standard InChI is InChI=1S/C11H12N2/c1-2-9-4-3-5-10(8-9)11(13)6-7-12/h2-5,8,11H,1,6,13H2/t11-/m0/s1. The SMILES string of the molecule is C=Cc1cccc([C@@H](N)CC#N)c1. The summed E-state index contributed by atoms with van der Waals surface area (Å²) in [6.07, 6.45) is 2.11. The molecule has 66 valence electrons. The molecule has 0 aliphatic carbocycles. The van der Waals surface area contributed by atoms with E-state index >= 15 is 0 Å². The number of hydrogen-bond donors (Lipinski definition) is 1. The third kappa shape index (κ3) is 2.43.